The van der Waals surface area contributed by atoms with E-state index in [1.54, 1.807) is 0 Å². The molecule has 0 spiro atoms. The van der Waals surface area contributed by atoms with Gasteiger partial charge in [-0.1, -0.05) is 12.5 Å². The highest BCUT2D eigenvalue weighted by Crippen LogP contribution is 2.37. The summed E-state index contributed by atoms with van der Waals surface area (Å²) >= 11 is 0. The average molecular weight is 420 g/mol. The Bertz CT molecular complexity index is 968. The van der Waals surface area contributed by atoms with E-state index in [0.717, 1.165) is 43.6 Å². The molecule has 2 atom stereocenters. The van der Waals surface area contributed by atoms with Crippen LogP contribution in [0.25, 0.3) is 0 Å². The molecular formula is C21H29N3O4S. The van der Waals surface area contributed by atoms with Crippen molar-refractivity contribution in [3.8, 4) is 0 Å². The first-order valence-corrected chi connectivity index (χ1v) is 12.7. The number of aromatic nitrogens is 1. The Balaban J connectivity index is 1.33. The predicted molar refractivity (Wildman–Crippen MR) is 109 cm³/mol. The van der Waals surface area contributed by atoms with Crippen LogP contribution >= 0.6 is 0 Å². The quantitative estimate of drug-likeness (QED) is 0.725. The van der Waals surface area contributed by atoms with Crippen LogP contribution in [-0.2, 0) is 27.7 Å². The van der Waals surface area contributed by atoms with Crippen LogP contribution in [0.4, 0.5) is 0 Å². The summed E-state index contributed by atoms with van der Waals surface area (Å²) in [6.45, 7) is 3.68. The van der Waals surface area contributed by atoms with E-state index in [1.165, 1.54) is 6.42 Å². The van der Waals surface area contributed by atoms with Crippen LogP contribution in [-0.4, -0.2) is 66.4 Å². The van der Waals surface area contributed by atoms with Crippen molar-refractivity contribution in [2.45, 2.75) is 44.7 Å². The molecule has 158 valence electrons. The molecule has 4 aliphatic rings. The minimum atomic E-state index is -2.92. The lowest BCUT2D eigenvalue weighted by Crippen LogP contribution is -2.51. The molecule has 0 unspecified atom stereocenters. The molecule has 1 aromatic heterocycles. The second-order valence-corrected chi connectivity index (χ2v) is 11.6. The van der Waals surface area contributed by atoms with Gasteiger partial charge in [0.2, 0.25) is 5.91 Å². The molecule has 8 heteroatoms. The molecule has 0 N–H and O–H groups in total. The second-order valence-electron chi connectivity index (χ2n) is 9.30. The number of carbonyl (C=O) groups is 1. The van der Waals surface area contributed by atoms with E-state index in [9.17, 15) is 18.0 Å². The molecule has 3 aliphatic heterocycles. The van der Waals surface area contributed by atoms with Gasteiger partial charge in [0.15, 0.2) is 9.84 Å². The summed E-state index contributed by atoms with van der Waals surface area (Å²) in [4.78, 5) is 30.0. The topological polar surface area (TPSA) is 79.7 Å². The van der Waals surface area contributed by atoms with Gasteiger partial charge in [0.1, 0.15) is 0 Å². The first-order chi connectivity index (χ1) is 13.9. The number of fused-ring (bicyclic) bond motifs is 4. The van der Waals surface area contributed by atoms with E-state index in [2.05, 4.69) is 15.9 Å². The van der Waals surface area contributed by atoms with Crippen molar-refractivity contribution in [1.29, 1.82) is 0 Å². The molecule has 0 radical (unpaired) electrons. The lowest BCUT2D eigenvalue weighted by Gasteiger charge is -2.44. The highest BCUT2D eigenvalue weighted by atomic mass is 32.2. The Morgan fingerprint density at radius 3 is 2.52 bits per heavy atom. The summed E-state index contributed by atoms with van der Waals surface area (Å²) in [5.74, 6) is 1.49. The number of amides is 1. The van der Waals surface area contributed by atoms with Crippen molar-refractivity contribution in [2.75, 3.05) is 37.7 Å². The first-order valence-electron chi connectivity index (χ1n) is 10.8. The fourth-order valence-corrected chi connectivity index (χ4v) is 6.63. The fourth-order valence-electron chi connectivity index (χ4n) is 5.35. The Morgan fingerprint density at radius 2 is 1.83 bits per heavy atom. The summed E-state index contributed by atoms with van der Waals surface area (Å²) in [7, 11) is -2.92. The van der Waals surface area contributed by atoms with Gasteiger partial charge in [-0.3, -0.25) is 14.5 Å². The van der Waals surface area contributed by atoms with Gasteiger partial charge >= 0.3 is 0 Å². The van der Waals surface area contributed by atoms with E-state index in [4.69, 9.17) is 0 Å². The zero-order chi connectivity index (χ0) is 20.2. The smallest absolute Gasteiger partial charge is 0.255 e. The van der Waals surface area contributed by atoms with Gasteiger partial charge in [0.25, 0.3) is 5.56 Å². The lowest BCUT2D eigenvalue weighted by molar-refractivity contribution is -0.141. The molecule has 1 aromatic rings. The minimum absolute atomic E-state index is 0.0596. The van der Waals surface area contributed by atoms with Gasteiger partial charge in [0.05, 0.1) is 11.5 Å². The molecule has 7 nitrogen and oxygen atoms in total. The van der Waals surface area contributed by atoms with Crippen LogP contribution < -0.4 is 5.56 Å². The highest BCUT2D eigenvalue weighted by molar-refractivity contribution is 7.91. The molecule has 5 rings (SSSR count). The van der Waals surface area contributed by atoms with Crippen molar-refractivity contribution >= 4 is 15.7 Å². The van der Waals surface area contributed by atoms with Crippen LogP contribution in [0.3, 0.4) is 0 Å². The maximum absolute atomic E-state index is 13.2. The van der Waals surface area contributed by atoms with Gasteiger partial charge < -0.3 is 9.47 Å². The molecule has 2 bridgehead atoms. The number of piperidine rings is 1. The van der Waals surface area contributed by atoms with Crippen molar-refractivity contribution in [2.24, 2.45) is 11.8 Å². The summed E-state index contributed by atoms with van der Waals surface area (Å²) < 4.78 is 25.2. The van der Waals surface area contributed by atoms with Crippen molar-refractivity contribution < 1.29 is 13.2 Å². The molecule has 1 aliphatic carbocycles. The number of pyridine rings is 1. The van der Waals surface area contributed by atoms with E-state index >= 15 is 0 Å². The molecule has 29 heavy (non-hydrogen) atoms. The highest BCUT2D eigenvalue weighted by Gasteiger charge is 2.39. The summed E-state index contributed by atoms with van der Waals surface area (Å²) in [5, 5.41) is 0. The van der Waals surface area contributed by atoms with E-state index < -0.39 is 9.84 Å². The van der Waals surface area contributed by atoms with E-state index in [-0.39, 0.29) is 28.9 Å². The molecule has 4 heterocycles. The standard InChI is InChI=1S/C21H29N3O4S/c25-20(16-2-1-3-16)23-11-15-10-18(14-23)19-5-4-17(21(26)24(19)12-15)13-22-6-8-29(27,28)9-7-22/h4-5,15-16,18H,1-3,6-14H2/t15-,18+/m0/s1. The Hall–Kier alpha value is -1.67. The molecule has 1 saturated carbocycles. The first kappa shape index (κ1) is 19.3. The van der Waals surface area contributed by atoms with Gasteiger partial charge in [-0.2, -0.15) is 0 Å². The van der Waals surface area contributed by atoms with Crippen molar-refractivity contribution in [3.05, 3.63) is 33.7 Å². The number of hydrogen-bond acceptors (Lipinski definition) is 5. The number of likely N-dealkylation sites (tertiary alicyclic amines) is 1. The number of rotatable bonds is 3. The monoisotopic (exact) mass is 419 g/mol. The normalized spacial score (nSPS) is 29.2. The average Bonchev–Trinajstić information content (AvgIpc) is 2.64. The largest absolute Gasteiger partial charge is 0.341 e. The van der Waals surface area contributed by atoms with Gasteiger partial charge in [-0.05, 0) is 31.2 Å². The summed E-state index contributed by atoms with van der Waals surface area (Å²) in [6, 6.07) is 3.99. The zero-order valence-corrected chi connectivity index (χ0v) is 17.6. The third-order valence-electron chi connectivity index (χ3n) is 7.28. The van der Waals surface area contributed by atoms with Crippen LogP contribution in [0.2, 0.25) is 0 Å². The number of nitrogens with zero attached hydrogens (tertiary/aromatic N) is 3. The predicted octanol–water partition coefficient (Wildman–Crippen LogP) is 0.825. The lowest BCUT2D eigenvalue weighted by atomic mass is 9.80. The van der Waals surface area contributed by atoms with Crippen LogP contribution in [0, 0.1) is 11.8 Å². The summed E-state index contributed by atoms with van der Waals surface area (Å²) in [5.41, 5.74) is 1.86. The molecule has 3 fully saturated rings. The number of carbonyl (C=O) groups excluding carboxylic acids is 1. The maximum Gasteiger partial charge on any atom is 0.255 e. The Kier molecular flexibility index (Phi) is 4.81. The third kappa shape index (κ3) is 3.65. The minimum Gasteiger partial charge on any atom is -0.341 e. The second kappa shape index (κ2) is 7.23. The molecular weight excluding hydrogens is 390 g/mol. The van der Waals surface area contributed by atoms with Gasteiger partial charge in [-0.25, -0.2) is 8.42 Å². The van der Waals surface area contributed by atoms with Crippen LogP contribution in [0.5, 0.6) is 0 Å². The Morgan fingerprint density at radius 1 is 1.07 bits per heavy atom. The maximum atomic E-state index is 13.2. The van der Waals surface area contributed by atoms with Crippen molar-refractivity contribution in [1.82, 2.24) is 14.4 Å². The van der Waals surface area contributed by atoms with Crippen LogP contribution in [0.1, 0.15) is 42.9 Å². The SMILES string of the molecule is O=C(C1CCC1)N1C[C@@H]2C[C@H](C1)c1ccc(CN3CCS(=O)(=O)CC3)c(=O)n1C2. The molecule has 2 saturated heterocycles. The fraction of sp³-hybridized carbons (Fsp3) is 0.714. The van der Waals surface area contributed by atoms with Gasteiger partial charge in [0, 0.05) is 62.4 Å². The van der Waals surface area contributed by atoms with E-state index in [1.807, 2.05) is 10.6 Å². The Labute approximate surface area is 171 Å². The third-order valence-corrected chi connectivity index (χ3v) is 8.89. The van der Waals surface area contributed by atoms with Crippen molar-refractivity contribution in [3.63, 3.8) is 0 Å². The molecule has 1 amide bonds. The van der Waals surface area contributed by atoms with E-state index in [0.29, 0.717) is 38.0 Å². The summed E-state index contributed by atoms with van der Waals surface area (Å²) in [6.07, 6.45) is 4.28. The van der Waals surface area contributed by atoms with Crippen LogP contribution in [0.15, 0.2) is 16.9 Å². The number of sulfone groups is 1. The zero-order valence-electron chi connectivity index (χ0n) is 16.8. The number of hydrogen-bond donors (Lipinski definition) is 0. The molecule has 0 aromatic carbocycles. The van der Waals surface area contributed by atoms with Gasteiger partial charge in [-0.15, -0.1) is 0 Å².